The maximum Gasteiger partial charge on any atom is 0.167 e. The Morgan fingerprint density at radius 3 is 2.26 bits per heavy atom. The van der Waals surface area contributed by atoms with E-state index in [9.17, 15) is 4.79 Å². The summed E-state index contributed by atoms with van der Waals surface area (Å²) in [6, 6.07) is 14.9. The van der Waals surface area contributed by atoms with E-state index in [4.69, 9.17) is 10.5 Å². The van der Waals surface area contributed by atoms with Crippen molar-refractivity contribution in [3.05, 3.63) is 65.2 Å². The highest BCUT2D eigenvalue weighted by Crippen LogP contribution is 2.15. The number of hydrogen-bond acceptors (Lipinski definition) is 3. The first-order valence-electron chi connectivity index (χ1n) is 6.18. The summed E-state index contributed by atoms with van der Waals surface area (Å²) in [5.74, 6) is 0.836. The molecule has 0 fully saturated rings. The summed E-state index contributed by atoms with van der Waals surface area (Å²) in [6.07, 6.45) is 0.375. The van der Waals surface area contributed by atoms with Crippen LogP contribution < -0.4 is 10.5 Å². The quantitative estimate of drug-likeness (QED) is 0.835. The average molecular weight is 255 g/mol. The molecule has 2 rings (SSSR count). The molecule has 2 N–H and O–H groups in total. The monoisotopic (exact) mass is 255 g/mol. The predicted molar refractivity (Wildman–Crippen MR) is 75.4 cm³/mol. The molecule has 0 radical (unpaired) electrons. The van der Waals surface area contributed by atoms with Crippen LogP contribution in [-0.4, -0.2) is 12.9 Å². The van der Waals surface area contributed by atoms with Gasteiger partial charge >= 0.3 is 0 Å². The second-order valence-corrected chi connectivity index (χ2v) is 4.30. The van der Waals surface area contributed by atoms with Gasteiger partial charge in [0.2, 0.25) is 0 Å². The van der Waals surface area contributed by atoms with Gasteiger partial charge in [-0.1, -0.05) is 24.3 Å². The number of hydrogen-bond donors (Lipinski definition) is 1. The number of nitrogens with two attached hydrogens (primary N) is 1. The molecule has 98 valence electrons. The molecule has 0 amide bonds. The summed E-state index contributed by atoms with van der Waals surface area (Å²) >= 11 is 0. The first kappa shape index (κ1) is 13.3. The van der Waals surface area contributed by atoms with Crippen LogP contribution in [0.15, 0.2) is 48.5 Å². The summed E-state index contributed by atoms with van der Waals surface area (Å²) in [5.41, 5.74) is 8.37. The van der Waals surface area contributed by atoms with Crippen molar-refractivity contribution < 1.29 is 9.53 Å². The average Bonchev–Trinajstić information content (AvgIpc) is 2.48. The van der Waals surface area contributed by atoms with Gasteiger partial charge in [-0.2, -0.15) is 0 Å². The molecule has 19 heavy (non-hydrogen) atoms. The first-order chi connectivity index (χ1) is 9.24. The molecular formula is C16H17NO2. The van der Waals surface area contributed by atoms with Gasteiger partial charge in [0.1, 0.15) is 5.75 Å². The van der Waals surface area contributed by atoms with Crippen molar-refractivity contribution in [1.29, 1.82) is 0 Å². The first-order valence-corrected chi connectivity index (χ1v) is 6.18. The van der Waals surface area contributed by atoms with Crippen LogP contribution in [0.1, 0.15) is 21.5 Å². The van der Waals surface area contributed by atoms with E-state index in [-0.39, 0.29) is 5.78 Å². The van der Waals surface area contributed by atoms with Crippen LogP contribution >= 0.6 is 0 Å². The Kier molecular flexibility index (Phi) is 4.31. The fourth-order valence-electron chi connectivity index (χ4n) is 1.98. The highest BCUT2D eigenvalue weighted by atomic mass is 16.5. The summed E-state index contributed by atoms with van der Waals surface area (Å²) in [6.45, 7) is 0.450. The lowest BCUT2D eigenvalue weighted by molar-refractivity contribution is 0.0992. The highest BCUT2D eigenvalue weighted by molar-refractivity contribution is 5.97. The Bertz CT molecular complexity index is 561. The summed E-state index contributed by atoms with van der Waals surface area (Å²) in [7, 11) is 1.61. The van der Waals surface area contributed by atoms with Gasteiger partial charge in [-0.3, -0.25) is 4.79 Å². The van der Waals surface area contributed by atoms with Gasteiger partial charge in [0, 0.05) is 18.5 Å². The van der Waals surface area contributed by atoms with Gasteiger partial charge in [-0.05, 0) is 35.4 Å². The molecule has 0 saturated heterocycles. The number of ether oxygens (including phenoxy) is 1. The van der Waals surface area contributed by atoms with Crippen LogP contribution in [0.3, 0.4) is 0 Å². The van der Waals surface area contributed by atoms with Crippen molar-refractivity contribution in [3.8, 4) is 5.75 Å². The van der Waals surface area contributed by atoms with E-state index in [1.807, 2.05) is 24.3 Å². The van der Waals surface area contributed by atoms with Crippen molar-refractivity contribution >= 4 is 5.78 Å². The van der Waals surface area contributed by atoms with Gasteiger partial charge in [-0.25, -0.2) is 0 Å². The zero-order valence-electron chi connectivity index (χ0n) is 10.9. The summed E-state index contributed by atoms with van der Waals surface area (Å²) in [4.78, 5) is 12.2. The number of rotatable bonds is 5. The molecule has 0 unspecified atom stereocenters. The number of carbonyl (C=O) groups excluding carboxylic acids is 1. The van der Waals surface area contributed by atoms with Crippen molar-refractivity contribution in [2.24, 2.45) is 5.73 Å². The third kappa shape index (κ3) is 3.20. The topological polar surface area (TPSA) is 52.3 Å². The van der Waals surface area contributed by atoms with Gasteiger partial charge in [0.15, 0.2) is 5.78 Å². The Balaban J connectivity index is 2.16. The Morgan fingerprint density at radius 1 is 1.05 bits per heavy atom. The lowest BCUT2D eigenvalue weighted by atomic mass is 9.99. The van der Waals surface area contributed by atoms with Gasteiger partial charge < -0.3 is 10.5 Å². The van der Waals surface area contributed by atoms with E-state index in [0.717, 1.165) is 16.9 Å². The minimum Gasteiger partial charge on any atom is -0.497 e. The van der Waals surface area contributed by atoms with Crippen molar-refractivity contribution in [1.82, 2.24) is 0 Å². The second kappa shape index (κ2) is 6.16. The molecule has 0 atom stereocenters. The van der Waals surface area contributed by atoms with Crippen LogP contribution in [0, 0.1) is 0 Å². The molecule has 0 aliphatic rings. The van der Waals surface area contributed by atoms with E-state index >= 15 is 0 Å². The molecule has 0 aliphatic heterocycles. The summed E-state index contributed by atoms with van der Waals surface area (Å²) in [5, 5.41) is 0. The molecule has 0 aromatic heterocycles. The fraction of sp³-hybridized carbons (Fsp3) is 0.188. The molecule has 3 heteroatoms. The predicted octanol–water partition coefficient (Wildman–Crippen LogP) is 2.58. The van der Waals surface area contributed by atoms with E-state index in [2.05, 4.69) is 0 Å². The number of benzene rings is 2. The number of Topliss-reactive ketones (excluding diaryl/α,β-unsaturated/α-hetero) is 1. The maximum atomic E-state index is 12.2. The van der Waals surface area contributed by atoms with Crippen LogP contribution in [0.25, 0.3) is 0 Å². The summed E-state index contributed by atoms with van der Waals surface area (Å²) < 4.78 is 5.08. The van der Waals surface area contributed by atoms with E-state index in [1.165, 1.54) is 0 Å². The Hall–Kier alpha value is -2.13. The zero-order chi connectivity index (χ0) is 13.7. The minimum absolute atomic E-state index is 0.0866. The van der Waals surface area contributed by atoms with E-state index in [1.54, 1.807) is 31.4 Å². The molecule has 2 aromatic carbocycles. The lowest BCUT2D eigenvalue weighted by Crippen LogP contribution is -2.08. The molecule has 0 spiro atoms. The smallest absolute Gasteiger partial charge is 0.167 e. The van der Waals surface area contributed by atoms with Crippen molar-refractivity contribution in [2.75, 3.05) is 7.11 Å². The number of ketones is 1. The van der Waals surface area contributed by atoms with Crippen LogP contribution in [-0.2, 0) is 13.0 Å². The van der Waals surface area contributed by atoms with Crippen LogP contribution in [0.4, 0.5) is 0 Å². The SMILES string of the molecule is COc1ccc(C(=O)Cc2ccccc2CN)cc1. The standard InChI is InChI=1S/C16H17NO2/c1-19-15-8-6-12(7-9-15)16(18)10-13-4-2-3-5-14(13)11-17/h2-9H,10-11,17H2,1H3. The van der Waals surface area contributed by atoms with Gasteiger partial charge in [0.05, 0.1) is 7.11 Å². The lowest BCUT2D eigenvalue weighted by Gasteiger charge is -2.07. The Morgan fingerprint density at radius 2 is 1.68 bits per heavy atom. The van der Waals surface area contributed by atoms with Crippen LogP contribution in [0.5, 0.6) is 5.75 Å². The third-order valence-corrected chi connectivity index (χ3v) is 3.10. The third-order valence-electron chi connectivity index (χ3n) is 3.10. The van der Waals surface area contributed by atoms with Crippen molar-refractivity contribution in [3.63, 3.8) is 0 Å². The number of methoxy groups -OCH3 is 1. The Labute approximate surface area is 113 Å². The molecule has 0 saturated carbocycles. The largest absolute Gasteiger partial charge is 0.497 e. The van der Waals surface area contributed by atoms with Gasteiger partial charge in [0.25, 0.3) is 0 Å². The molecule has 0 aliphatic carbocycles. The molecule has 3 nitrogen and oxygen atoms in total. The van der Waals surface area contributed by atoms with E-state index < -0.39 is 0 Å². The highest BCUT2D eigenvalue weighted by Gasteiger charge is 2.09. The van der Waals surface area contributed by atoms with Gasteiger partial charge in [-0.15, -0.1) is 0 Å². The molecule has 2 aromatic rings. The van der Waals surface area contributed by atoms with E-state index in [0.29, 0.717) is 18.5 Å². The second-order valence-electron chi connectivity index (χ2n) is 4.30. The fourth-order valence-corrected chi connectivity index (χ4v) is 1.98. The normalized spacial score (nSPS) is 10.2. The maximum absolute atomic E-state index is 12.2. The van der Waals surface area contributed by atoms with Crippen molar-refractivity contribution in [2.45, 2.75) is 13.0 Å². The minimum atomic E-state index is 0.0866. The number of carbonyl (C=O) groups is 1. The zero-order valence-corrected chi connectivity index (χ0v) is 10.9. The van der Waals surface area contributed by atoms with Crippen LogP contribution in [0.2, 0.25) is 0 Å². The molecule has 0 heterocycles. The molecular weight excluding hydrogens is 238 g/mol. The molecule has 0 bridgehead atoms.